The normalized spacial score (nSPS) is 9.93. The molecule has 0 radical (unpaired) electrons. The number of nitro groups is 2. The third-order valence-electron chi connectivity index (χ3n) is 1.74. The zero-order valence-electron chi connectivity index (χ0n) is 7.87. The van der Waals surface area contributed by atoms with Gasteiger partial charge in [-0.15, -0.1) is 0 Å². The molecule has 0 aromatic heterocycles. The van der Waals surface area contributed by atoms with E-state index in [1.54, 1.807) is 0 Å². The summed E-state index contributed by atoms with van der Waals surface area (Å²) in [6.45, 7) is 0.179. The van der Waals surface area contributed by atoms with Gasteiger partial charge >= 0.3 is 11.4 Å². The average molecular weight is 212 g/mol. The lowest BCUT2D eigenvalue weighted by atomic mass is 10.2. The number of hydrogen-bond donors (Lipinski definition) is 0. The minimum Gasteiger partial charge on any atom is -0.380 e. The van der Waals surface area contributed by atoms with Crippen molar-refractivity contribution in [2.24, 2.45) is 0 Å². The standard InChI is InChI=1S/C8H8N2O5/c1-15-5-6-2-3-7(9(11)12)8(4-6)10(13)14/h2-4H,5H2,1H3. The maximum atomic E-state index is 10.5. The molecule has 0 aliphatic rings. The highest BCUT2D eigenvalue weighted by molar-refractivity contribution is 5.53. The number of hydrogen-bond acceptors (Lipinski definition) is 5. The number of methoxy groups -OCH3 is 1. The molecule has 0 saturated carbocycles. The van der Waals surface area contributed by atoms with Crippen molar-refractivity contribution in [1.29, 1.82) is 0 Å². The largest absolute Gasteiger partial charge is 0.380 e. The van der Waals surface area contributed by atoms with Gasteiger partial charge in [0.1, 0.15) is 0 Å². The number of ether oxygens (including phenoxy) is 1. The second kappa shape index (κ2) is 4.47. The second-order valence-electron chi connectivity index (χ2n) is 2.77. The van der Waals surface area contributed by atoms with E-state index in [4.69, 9.17) is 4.74 Å². The maximum Gasteiger partial charge on any atom is 0.346 e. The van der Waals surface area contributed by atoms with Crippen LogP contribution in [0.3, 0.4) is 0 Å². The summed E-state index contributed by atoms with van der Waals surface area (Å²) < 4.78 is 4.77. The van der Waals surface area contributed by atoms with E-state index in [9.17, 15) is 20.2 Å². The Morgan fingerprint density at radius 3 is 2.27 bits per heavy atom. The average Bonchev–Trinajstić information content (AvgIpc) is 2.17. The Bertz CT molecular complexity index is 404. The summed E-state index contributed by atoms with van der Waals surface area (Å²) in [5.41, 5.74) is -0.510. The van der Waals surface area contributed by atoms with E-state index in [1.807, 2.05) is 0 Å². The quantitative estimate of drug-likeness (QED) is 0.558. The minimum atomic E-state index is -0.783. The van der Waals surface area contributed by atoms with Crippen molar-refractivity contribution in [1.82, 2.24) is 0 Å². The second-order valence-corrected chi connectivity index (χ2v) is 2.77. The molecule has 80 valence electrons. The van der Waals surface area contributed by atoms with E-state index in [-0.39, 0.29) is 6.61 Å². The molecule has 1 rings (SSSR count). The predicted molar refractivity (Wildman–Crippen MR) is 50.5 cm³/mol. The third kappa shape index (κ3) is 2.47. The Labute approximate surface area is 84.6 Å². The zero-order chi connectivity index (χ0) is 11.4. The van der Waals surface area contributed by atoms with Crippen LogP contribution in [0.2, 0.25) is 0 Å². The molecule has 0 amide bonds. The highest BCUT2D eigenvalue weighted by Gasteiger charge is 2.23. The predicted octanol–water partition coefficient (Wildman–Crippen LogP) is 1.65. The Morgan fingerprint density at radius 2 is 1.80 bits per heavy atom. The molecule has 0 heterocycles. The molecule has 0 bridgehead atoms. The summed E-state index contributed by atoms with van der Waals surface area (Å²) in [7, 11) is 1.44. The van der Waals surface area contributed by atoms with Gasteiger partial charge in [0.25, 0.3) is 0 Å². The van der Waals surface area contributed by atoms with E-state index in [0.717, 1.165) is 12.1 Å². The summed E-state index contributed by atoms with van der Waals surface area (Å²) in [5.74, 6) is 0. The lowest BCUT2D eigenvalue weighted by Gasteiger charge is -1.99. The summed E-state index contributed by atoms with van der Waals surface area (Å²) in [5, 5.41) is 21.0. The first kappa shape index (κ1) is 11.1. The summed E-state index contributed by atoms with van der Waals surface area (Å²) >= 11 is 0. The number of nitrogens with zero attached hydrogens (tertiary/aromatic N) is 2. The van der Waals surface area contributed by atoms with E-state index in [1.165, 1.54) is 13.2 Å². The van der Waals surface area contributed by atoms with Crippen LogP contribution in [0.15, 0.2) is 18.2 Å². The van der Waals surface area contributed by atoms with Crippen LogP contribution in [0.1, 0.15) is 5.56 Å². The first-order valence-electron chi connectivity index (χ1n) is 3.97. The minimum absolute atomic E-state index is 0.179. The van der Waals surface area contributed by atoms with Crippen LogP contribution in [0.25, 0.3) is 0 Å². The van der Waals surface area contributed by atoms with Crippen molar-refractivity contribution < 1.29 is 14.6 Å². The van der Waals surface area contributed by atoms with Crippen molar-refractivity contribution >= 4 is 11.4 Å². The maximum absolute atomic E-state index is 10.5. The van der Waals surface area contributed by atoms with Gasteiger partial charge in [-0.3, -0.25) is 20.2 Å². The van der Waals surface area contributed by atoms with Crippen LogP contribution in [-0.2, 0) is 11.3 Å². The Morgan fingerprint density at radius 1 is 1.20 bits per heavy atom. The van der Waals surface area contributed by atoms with Crippen molar-refractivity contribution in [3.8, 4) is 0 Å². The molecule has 0 aliphatic carbocycles. The Hall–Kier alpha value is -2.02. The first-order valence-corrected chi connectivity index (χ1v) is 3.97. The van der Waals surface area contributed by atoms with E-state index >= 15 is 0 Å². The van der Waals surface area contributed by atoms with Gasteiger partial charge in [-0.05, 0) is 11.6 Å². The zero-order valence-corrected chi connectivity index (χ0v) is 7.87. The van der Waals surface area contributed by atoms with Gasteiger partial charge < -0.3 is 4.74 Å². The van der Waals surface area contributed by atoms with Crippen LogP contribution < -0.4 is 0 Å². The van der Waals surface area contributed by atoms with Gasteiger partial charge in [0.2, 0.25) is 0 Å². The molecule has 0 unspecified atom stereocenters. The summed E-state index contributed by atoms with van der Waals surface area (Å²) in [6, 6.07) is 3.67. The van der Waals surface area contributed by atoms with Crippen molar-refractivity contribution in [2.75, 3.05) is 7.11 Å². The van der Waals surface area contributed by atoms with Crippen LogP contribution in [0, 0.1) is 20.2 Å². The first-order chi connectivity index (χ1) is 7.06. The van der Waals surface area contributed by atoms with Gasteiger partial charge in [-0.2, -0.15) is 0 Å². The Balaban J connectivity index is 3.21. The van der Waals surface area contributed by atoms with E-state index < -0.39 is 21.2 Å². The molecular weight excluding hydrogens is 204 g/mol. The lowest BCUT2D eigenvalue weighted by molar-refractivity contribution is -0.422. The monoisotopic (exact) mass is 212 g/mol. The highest BCUT2D eigenvalue weighted by Crippen LogP contribution is 2.27. The molecule has 0 atom stereocenters. The van der Waals surface area contributed by atoms with Crippen molar-refractivity contribution in [2.45, 2.75) is 6.61 Å². The van der Waals surface area contributed by atoms with Gasteiger partial charge in [0.05, 0.1) is 16.5 Å². The van der Waals surface area contributed by atoms with Crippen LogP contribution in [0.4, 0.5) is 11.4 Å². The molecule has 15 heavy (non-hydrogen) atoms. The molecular formula is C8H8N2O5. The van der Waals surface area contributed by atoms with E-state index in [0.29, 0.717) is 5.56 Å². The molecule has 7 nitrogen and oxygen atoms in total. The molecule has 1 aromatic carbocycles. The Kier molecular flexibility index (Phi) is 3.29. The summed E-state index contributed by atoms with van der Waals surface area (Å²) in [6.07, 6.45) is 0. The molecule has 0 N–H and O–H groups in total. The number of nitro benzene ring substituents is 2. The summed E-state index contributed by atoms with van der Waals surface area (Å²) in [4.78, 5) is 19.4. The topological polar surface area (TPSA) is 95.5 Å². The number of benzene rings is 1. The van der Waals surface area contributed by atoms with Crippen LogP contribution in [0.5, 0.6) is 0 Å². The van der Waals surface area contributed by atoms with Gasteiger partial charge in [-0.25, -0.2) is 0 Å². The SMILES string of the molecule is COCc1ccc([N+](=O)[O-])c([N+](=O)[O-])c1. The van der Waals surface area contributed by atoms with Gasteiger partial charge in [0.15, 0.2) is 0 Å². The fraction of sp³-hybridized carbons (Fsp3) is 0.250. The van der Waals surface area contributed by atoms with Crippen LogP contribution in [-0.4, -0.2) is 17.0 Å². The fourth-order valence-electron chi connectivity index (χ4n) is 1.13. The fourth-order valence-corrected chi connectivity index (χ4v) is 1.13. The molecule has 0 saturated heterocycles. The third-order valence-corrected chi connectivity index (χ3v) is 1.74. The lowest BCUT2D eigenvalue weighted by Crippen LogP contribution is -1.98. The van der Waals surface area contributed by atoms with Crippen molar-refractivity contribution in [3.63, 3.8) is 0 Å². The highest BCUT2D eigenvalue weighted by atomic mass is 16.6. The van der Waals surface area contributed by atoms with E-state index in [2.05, 4.69) is 0 Å². The molecule has 0 aliphatic heterocycles. The van der Waals surface area contributed by atoms with Crippen LogP contribution >= 0.6 is 0 Å². The van der Waals surface area contributed by atoms with Gasteiger partial charge in [0, 0.05) is 19.2 Å². The smallest absolute Gasteiger partial charge is 0.346 e. The molecule has 0 spiro atoms. The van der Waals surface area contributed by atoms with Gasteiger partial charge in [-0.1, -0.05) is 0 Å². The molecule has 1 aromatic rings. The number of rotatable bonds is 4. The van der Waals surface area contributed by atoms with Crippen molar-refractivity contribution in [3.05, 3.63) is 44.0 Å². The molecule has 7 heteroatoms. The molecule has 0 fully saturated rings.